The van der Waals surface area contributed by atoms with Crippen LogP contribution in [0.3, 0.4) is 0 Å². The third-order valence-electron chi connectivity index (χ3n) is 2.75. The molecule has 0 bridgehead atoms. The van der Waals surface area contributed by atoms with Crippen LogP contribution in [0.4, 0.5) is 5.69 Å². The van der Waals surface area contributed by atoms with E-state index in [0.29, 0.717) is 18.9 Å². The molecule has 1 amide bonds. The van der Waals surface area contributed by atoms with Crippen molar-refractivity contribution in [3.63, 3.8) is 0 Å². The molecular weight excluding hydrogens is 360 g/mol. The van der Waals surface area contributed by atoms with Crippen LogP contribution >= 0.6 is 31.9 Å². The summed E-state index contributed by atoms with van der Waals surface area (Å²) in [5, 5.41) is 2.91. The summed E-state index contributed by atoms with van der Waals surface area (Å²) in [6, 6.07) is 5.71. The standard InChI is InChI=1S/C13H18Br2N2O/c1-9(7-8-16)5-6-12(18)17-13-10(14)3-2-4-11(13)15/h2-4,9H,5-8,16H2,1H3,(H,17,18). The first-order valence-corrected chi connectivity index (χ1v) is 7.57. The fourth-order valence-electron chi connectivity index (χ4n) is 1.63. The third-order valence-corrected chi connectivity index (χ3v) is 4.07. The van der Waals surface area contributed by atoms with Gasteiger partial charge in [0.2, 0.25) is 5.91 Å². The fourth-order valence-corrected chi connectivity index (χ4v) is 2.82. The minimum absolute atomic E-state index is 0.0338. The molecule has 0 heterocycles. The largest absolute Gasteiger partial charge is 0.330 e. The molecular formula is C13H18Br2N2O. The van der Waals surface area contributed by atoms with Crippen molar-refractivity contribution in [2.24, 2.45) is 11.7 Å². The SMILES string of the molecule is CC(CCN)CCC(=O)Nc1c(Br)cccc1Br. The molecule has 0 saturated carbocycles. The maximum absolute atomic E-state index is 11.8. The summed E-state index contributed by atoms with van der Waals surface area (Å²) in [6.45, 7) is 2.80. The number of para-hydroxylation sites is 1. The molecule has 5 heteroatoms. The normalized spacial score (nSPS) is 12.2. The van der Waals surface area contributed by atoms with Gasteiger partial charge in [-0.25, -0.2) is 0 Å². The van der Waals surface area contributed by atoms with E-state index >= 15 is 0 Å². The van der Waals surface area contributed by atoms with Crippen LogP contribution in [0.2, 0.25) is 0 Å². The van der Waals surface area contributed by atoms with Crippen LogP contribution in [0.25, 0.3) is 0 Å². The van der Waals surface area contributed by atoms with Gasteiger partial charge < -0.3 is 11.1 Å². The average Bonchev–Trinajstić information content (AvgIpc) is 2.32. The molecule has 18 heavy (non-hydrogen) atoms. The first kappa shape index (κ1) is 15.7. The summed E-state index contributed by atoms with van der Waals surface area (Å²) in [5.74, 6) is 0.523. The van der Waals surface area contributed by atoms with Crippen LogP contribution in [0.1, 0.15) is 26.2 Å². The zero-order valence-corrected chi connectivity index (χ0v) is 13.6. The number of carbonyl (C=O) groups is 1. The molecule has 3 nitrogen and oxygen atoms in total. The summed E-state index contributed by atoms with van der Waals surface area (Å²) >= 11 is 6.84. The van der Waals surface area contributed by atoms with Gasteiger partial charge in [0.05, 0.1) is 5.69 Å². The molecule has 0 radical (unpaired) electrons. The Balaban J connectivity index is 2.50. The second-order valence-electron chi connectivity index (χ2n) is 4.37. The van der Waals surface area contributed by atoms with Crippen molar-refractivity contribution in [1.82, 2.24) is 0 Å². The van der Waals surface area contributed by atoms with Gasteiger partial charge in [-0.05, 0) is 69.3 Å². The molecule has 0 spiro atoms. The zero-order chi connectivity index (χ0) is 13.5. The molecule has 1 unspecified atom stereocenters. The molecule has 1 atom stereocenters. The topological polar surface area (TPSA) is 55.1 Å². The lowest BCUT2D eigenvalue weighted by atomic mass is 10.0. The van der Waals surface area contributed by atoms with Crippen molar-refractivity contribution in [2.75, 3.05) is 11.9 Å². The van der Waals surface area contributed by atoms with Crippen LogP contribution in [0.5, 0.6) is 0 Å². The van der Waals surface area contributed by atoms with Gasteiger partial charge in [0.1, 0.15) is 0 Å². The van der Waals surface area contributed by atoms with Gasteiger partial charge in [-0.15, -0.1) is 0 Å². The molecule has 0 aliphatic rings. The maximum atomic E-state index is 11.8. The smallest absolute Gasteiger partial charge is 0.224 e. The Labute approximate surface area is 125 Å². The summed E-state index contributed by atoms with van der Waals surface area (Å²) in [4.78, 5) is 11.8. The highest BCUT2D eigenvalue weighted by Gasteiger charge is 2.10. The lowest BCUT2D eigenvalue weighted by molar-refractivity contribution is -0.116. The fraction of sp³-hybridized carbons (Fsp3) is 0.462. The van der Waals surface area contributed by atoms with E-state index in [0.717, 1.165) is 27.5 Å². The van der Waals surface area contributed by atoms with E-state index in [1.807, 2.05) is 18.2 Å². The molecule has 0 aromatic heterocycles. The number of hydrogen-bond donors (Lipinski definition) is 2. The van der Waals surface area contributed by atoms with E-state index in [9.17, 15) is 4.79 Å². The maximum Gasteiger partial charge on any atom is 0.224 e. The van der Waals surface area contributed by atoms with Crippen molar-refractivity contribution >= 4 is 43.5 Å². The van der Waals surface area contributed by atoms with Gasteiger partial charge in [-0.2, -0.15) is 0 Å². The number of benzene rings is 1. The average molecular weight is 378 g/mol. The van der Waals surface area contributed by atoms with Gasteiger partial charge in [0.15, 0.2) is 0 Å². The summed E-state index contributed by atoms with van der Waals surface area (Å²) in [5.41, 5.74) is 6.27. The number of amides is 1. The number of hydrogen-bond acceptors (Lipinski definition) is 2. The predicted molar refractivity (Wildman–Crippen MR) is 82.5 cm³/mol. The molecule has 0 aliphatic carbocycles. The number of halogens is 2. The van der Waals surface area contributed by atoms with Crippen molar-refractivity contribution in [2.45, 2.75) is 26.2 Å². The van der Waals surface area contributed by atoms with E-state index in [-0.39, 0.29) is 5.91 Å². The van der Waals surface area contributed by atoms with Crippen LogP contribution in [-0.4, -0.2) is 12.5 Å². The number of nitrogens with two attached hydrogens (primary N) is 1. The number of rotatable bonds is 6. The Morgan fingerprint density at radius 1 is 1.33 bits per heavy atom. The Hall–Kier alpha value is -0.390. The van der Waals surface area contributed by atoms with Crippen molar-refractivity contribution in [3.8, 4) is 0 Å². The van der Waals surface area contributed by atoms with Gasteiger partial charge in [0.25, 0.3) is 0 Å². The van der Waals surface area contributed by atoms with Gasteiger partial charge in [-0.1, -0.05) is 13.0 Å². The molecule has 3 N–H and O–H groups in total. The van der Waals surface area contributed by atoms with Gasteiger partial charge in [-0.3, -0.25) is 4.79 Å². The molecule has 0 aliphatic heterocycles. The lowest BCUT2D eigenvalue weighted by Crippen LogP contribution is -2.14. The summed E-state index contributed by atoms with van der Waals surface area (Å²) < 4.78 is 1.75. The second-order valence-corrected chi connectivity index (χ2v) is 6.07. The van der Waals surface area contributed by atoms with Gasteiger partial charge in [0, 0.05) is 15.4 Å². The Morgan fingerprint density at radius 3 is 2.50 bits per heavy atom. The van der Waals surface area contributed by atoms with Crippen molar-refractivity contribution < 1.29 is 4.79 Å². The molecule has 1 aromatic rings. The van der Waals surface area contributed by atoms with Crippen LogP contribution in [-0.2, 0) is 4.79 Å². The minimum atomic E-state index is 0.0338. The summed E-state index contributed by atoms with van der Waals surface area (Å²) in [6.07, 6.45) is 2.35. The van der Waals surface area contributed by atoms with E-state index in [1.165, 1.54) is 0 Å². The van der Waals surface area contributed by atoms with Crippen molar-refractivity contribution in [3.05, 3.63) is 27.1 Å². The second kappa shape index (κ2) is 7.92. The van der Waals surface area contributed by atoms with E-state index in [1.54, 1.807) is 0 Å². The minimum Gasteiger partial charge on any atom is -0.330 e. The zero-order valence-electron chi connectivity index (χ0n) is 10.4. The van der Waals surface area contributed by atoms with E-state index < -0.39 is 0 Å². The first-order chi connectivity index (χ1) is 8.54. The monoisotopic (exact) mass is 376 g/mol. The number of anilines is 1. The number of carbonyl (C=O) groups excluding carboxylic acids is 1. The molecule has 100 valence electrons. The van der Waals surface area contributed by atoms with Crippen LogP contribution < -0.4 is 11.1 Å². The molecule has 0 saturated heterocycles. The van der Waals surface area contributed by atoms with E-state index in [2.05, 4.69) is 44.1 Å². The summed E-state index contributed by atoms with van der Waals surface area (Å²) in [7, 11) is 0. The highest BCUT2D eigenvalue weighted by molar-refractivity contribution is 9.11. The predicted octanol–water partition coefficient (Wildman–Crippen LogP) is 3.92. The van der Waals surface area contributed by atoms with E-state index in [4.69, 9.17) is 5.73 Å². The molecule has 1 rings (SSSR count). The Kier molecular flexibility index (Phi) is 6.89. The number of nitrogens with one attached hydrogen (secondary N) is 1. The Bertz CT molecular complexity index is 390. The molecule has 0 fully saturated rings. The highest BCUT2D eigenvalue weighted by atomic mass is 79.9. The highest BCUT2D eigenvalue weighted by Crippen LogP contribution is 2.30. The van der Waals surface area contributed by atoms with Crippen LogP contribution in [0.15, 0.2) is 27.1 Å². The third kappa shape index (κ3) is 5.08. The van der Waals surface area contributed by atoms with Crippen molar-refractivity contribution in [1.29, 1.82) is 0 Å². The Morgan fingerprint density at radius 2 is 1.94 bits per heavy atom. The molecule has 1 aromatic carbocycles. The quantitative estimate of drug-likeness (QED) is 0.789. The van der Waals surface area contributed by atoms with Crippen LogP contribution in [0, 0.1) is 5.92 Å². The lowest BCUT2D eigenvalue weighted by Gasteiger charge is -2.12. The van der Waals surface area contributed by atoms with Gasteiger partial charge >= 0.3 is 0 Å². The first-order valence-electron chi connectivity index (χ1n) is 5.98.